The van der Waals surface area contributed by atoms with Crippen molar-refractivity contribution in [1.82, 2.24) is 9.97 Å². The molecule has 0 atom stereocenters. The Kier molecular flexibility index (Phi) is 5.10. The van der Waals surface area contributed by atoms with Crippen LogP contribution in [0.4, 0.5) is 30.4 Å². The Balaban J connectivity index is 0.000000145. The van der Waals surface area contributed by atoms with Crippen LogP contribution < -0.4 is 14.5 Å². The van der Waals surface area contributed by atoms with Crippen molar-refractivity contribution in [3.8, 4) is 5.06 Å². The Hall–Kier alpha value is -3.14. The standard InChI is InChI=1S/C10H7N3O2S.C9H8F3N/c14-8-5-15-10-9(12-6-16-10)13(8)7-1-3-11-4-2-7;10-9(11,12)13-6-5-7-3-1-2-4-8(7)13/h1-4,6H,5H2;1-4H,5-6H2. The highest BCUT2D eigenvalue weighted by Gasteiger charge is 2.40. The van der Waals surface area contributed by atoms with Gasteiger partial charge in [-0.25, -0.2) is 4.98 Å². The molecule has 4 heterocycles. The van der Waals surface area contributed by atoms with Gasteiger partial charge in [-0.2, -0.15) is 13.2 Å². The highest BCUT2D eigenvalue weighted by molar-refractivity contribution is 7.12. The van der Waals surface area contributed by atoms with E-state index < -0.39 is 6.30 Å². The fourth-order valence-corrected chi connectivity index (χ4v) is 3.77. The molecule has 29 heavy (non-hydrogen) atoms. The van der Waals surface area contributed by atoms with E-state index in [1.54, 1.807) is 53.1 Å². The van der Waals surface area contributed by atoms with Gasteiger partial charge in [0.05, 0.1) is 11.2 Å². The summed E-state index contributed by atoms with van der Waals surface area (Å²) < 4.78 is 42.4. The van der Waals surface area contributed by atoms with E-state index in [-0.39, 0.29) is 19.1 Å². The summed E-state index contributed by atoms with van der Waals surface area (Å²) in [4.78, 5) is 21.9. The lowest BCUT2D eigenvalue weighted by Gasteiger charge is -2.25. The summed E-state index contributed by atoms with van der Waals surface area (Å²) in [7, 11) is 0. The van der Waals surface area contributed by atoms with Crippen molar-refractivity contribution in [2.75, 3.05) is 23.0 Å². The quantitative estimate of drug-likeness (QED) is 0.554. The molecule has 0 unspecified atom stereocenters. The summed E-state index contributed by atoms with van der Waals surface area (Å²) in [6, 6.07) is 10.2. The van der Waals surface area contributed by atoms with E-state index in [1.165, 1.54) is 17.4 Å². The molecule has 0 aliphatic carbocycles. The van der Waals surface area contributed by atoms with E-state index in [2.05, 4.69) is 9.97 Å². The molecule has 1 amide bonds. The van der Waals surface area contributed by atoms with Gasteiger partial charge in [-0.3, -0.25) is 19.6 Å². The largest absolute Gasteiger partial charge is 0.484 e. The fourth-order valence-electron chi connectivity index (χ4n) is 3.15. The molecule has 2 aliphatic rings. The van der Waals surface area contributed by atoms with E-state index >= 15 is 0 Å². The number of para-hydroxylation sites is 1. The van der Waals surface area contributed by atoms with Crippen LogP contribution in [0.5, 0.6) is 5.06 Å². The van der Waals surface area contributed by atoms with Gasteiger partial charge in [0, 0.05) is 24.6 Å². The van der Waals surface area contributed by atoms with E-state index in [4.69, 9.17) is 4.74 Å². The van der Waals surface area contributed by atoms with Crippen molar-refractivity contribution in [2.24, 2.45) is 0 Å². The molecule has 150 valence electrons. The monoisotopic (exact) mass is 420 g/mol. The lowest BCUT2D eigenvalue weighted by Crippen LogP contribution is -2.36. The normalized spacial score (nSPS) is 15.2. The molecule has 0 radical (unpaired) electrons. The van der Waals surface area contributed by atoms with Crippen molar-refractivity contribution in [3.05, 3.63) is 59.9 Å². The summed E-state index contributed by atoms with van der Waals surface area (Å²) in [5.74, 6) is 0.442. The zero-order chi connectivity index (χ0) is 20.4. The maximum Gasteiger partial charge on any atom is 0.484 e. The first-order chi connectivity index (χ1) is 13.9. The fraction of sp³-hybridized carbons (Fsp3) is 0.211. The van der Waals surface area contributed by atoms with E-state index in [0.29, 0.717) is 27.9 Å². The second-order valence-corrected chi connectivity index (χ2v) is 7.00. The number of rotatable bonds is 1. The van der Waals surface area contributed by atoms with Gasteiger partial charge in [-0.1, -0.05) is 29.5 Å². The SMILES string of the molecule is FC(F)(F)N1CCc2ccccc21.O=C1COc2scnc2N1c1ccncc1. The molecule has 2 aliphatic heterocycles. The van der Waals surface area contributed by atoms with Crippen LogP contribution >= 0.6 is 11.3 Å². The predicted octanol–water partition coefficient (Wildman–Crippen LogP) is 4.16. The van der Waals surface area contributed by atoms with Crippen LogP contribution in [0.1, 0.15) is 5.56 Å². The van der Waals surface area contributed by atoms with Crippen molar-refractivity contribution in [3.63, 3.8) is 0 Å². The number of carbonyl (C=O) groups is 1. The van der Waals surface area contributed by atoms with Crippen LogP contribution in [0.2, 0.25) is 0 Å². The van der Waals surface area contributed by atoms with Gasteiger partial charge in [0.25, 0.3) is 5.91 Å². The molecular weight excluding hydrogens is 405 g/mol. The number of benzene rings is 1. The number of amides is 1. The molecule has 0 spiro atoms. The van der Waals surface area contributed by atoms with E-state index in [1.807, 2.05) is 0 Å². The van der Waals surface area contributed by atoms with Crippen LogP contribution in [0.25, 0.3) is 0 Å². The number of carbonyl (C=O) groups excluding carboxylic acids is 1. The second kappa shape index (κ2) is 7.70. The van der Waals surface area contributed by atoms with Gasteiger partial charge in [-0.15, -0.1) is 0 Å². The van der Waals surface area contributed by atoms with Crippen molar-refractivity contribution in [1.29, 1.82) is 0 Å². The first-order valence-electron chi connectivity index (χ1n) is 8.66. The summed E-state index contributed by atoms with van der Waals surface area (Å²) in [6.45, 7) is 0.0976. The molecule has 1 aromatic carbocycles. The van der Waals surface area contributed by atoms with Crippen LogP contribution in [0, 0.1) is 0 Å². The van der Waals surface area contributed by atoms with Crippen molar-refractivity contribution >= 4 is 34.4 Å². The van der Waals surface area contributed by atoms with Crippen molar-refractivity contribution in [2.45, 2.75) is 12.7 Å². The minimum atomic E-state index is -4.24. The molecule has 6 nitrogen and oxygen atoms in total. The number of fused-ring (bicyclic) bond motifs is 2. The maximum atomic E-state index is 12.4. The summed E-state index contributed by atoms with van der Waals surface area (Å²) in [5.41, 5.74) is 3.50. The highest BCUT2D eigenvalue weighted by Crippen LogP contribution is 2.38. The molecule has 2 aromatic heterocycles. The Morgan fingerprint density at radius 1 is 1.10 bits per heavy atom. The third-order valence-electron chi connectivity index (χ3n) is 4.42. The first kappa shape index (κ1) is 19.2. The Morgan fingerprint density at radius 3 is 2.62 bits per heavy atom. The van der Waals surface area contributed by atoms with Gasteiger partial charge in [0.1, 0.15) is 0 Å². The number of anilines is 3. The first-order valence-corrected chi connectivity index (χ1v) is 9.54. The van der Waals surface area contributed by atoms with Gasteiger partial charge in [0.2, 0.25) is 5.06 Å². The molecule has 0 saturated heterocycles. The Bertz CT molecular complexity index is 1010. The maximum absolute atomic E-state index is 12.4. The van der Waals surface area contributed by atoms with E-state index in [0.717, 1.165) is 11.3 Å². The van der Waals surface area contributed by atoms with Gasteiger partial charge in [-0.05, 0) is 30.2 Å². The number of nitrogens with zero attached hydrogens (tertiary/aromatic N) is 4. The number of pyridine rings is 1. The molecule has 5 rings (SSSR count). The molecule has 3 aromatic rings. The minimum absolute atomic E-state index is 0.0445. The zero-order valence-electron chi connectivity index (χ0n) is 15.0. The molecular formula is C19H15F3N4O2S. The molecule has 0 bridgehead atoms. The van der Waals surface area contributed by atoms with E-state index in [9.17, 15) is 18.0 Å². The highest BCUT2D eigenvalue weighted by atomic mass is 32.1. The summed E-state index contributed by atoms with van der Waals surface area (Å²) in [5, 5.41) is 0.677. The number of hydrogen-bond donors (Lipinski definition) is 0. The second-order valence-electron chi connectivity index (χ2n) is 6.18. The third kappa shape index (κ3) is 3.88. The smallest absolute Gasteiger partial charge is 0.471 e. The van der Waals surface area contributed by atoms with Crippen LogP contribution in [-0.4, -0.2) is 35.3 Å². The number of thiazole rings is 1. The summed E-state index contributed by atoms with van der Waals surface area (Å²) in [6.07, 6.45) is -0.476. The Morgan fingerprint density at radius 2 is 1.86 bits per heavy atom. The number of alkyl halides is 3. The number of hydrogen-bond acceptors (Lipinski definition) is 6. The average Bonchev–Trinajstić information content (AvgIpc) is 3.35. The average molecular weight is 420 g/mol. The lowest BCUT2D eigenvalue weighted by atomic mass is 10.2. The predicted molar refractivity (Wildman–Crippen MR) is 103 cm³/mol. The van der Waals surface area contributed by atoms with Crippen LogP contribution in [0.3, 0.4) is 0 Å². The van der Waals surface area contributed by atoms with Crippen molar-refractivity contribution < 1.29 is 22.7 Å². The van der Waals surface area contributed by atoms with Crippen LogP contribution in [0.15, 0.2) is 54.3 Å². The zero-order valence-corrected chi connectivity index (χ0v) is 15.8. The lowest BCUT2D eigenvalue weighted by molar-refractivity contribution is -0.128. The number of aromatic nitrogens is 2. The Labute approximate surface area is 168 Å². The molecule has 10 heteroatoms. The molecule has 0 N–H and O–H groups in total. The van der Waals surface area contributed by atoms with Crippen LogP contribution in [-0.2, 0) is 11.2 Å². The van der Waals surface area contributed by atoms with Gasteiger partial charge in [0.15, 0.2) is 12.4 Å². The number of halogens is 3. The number of ether oxygens (including phenoxy) is 1. The third-order valence-corrected chi connectivity index (χ3v) is 5.14. The summed E-state index contributed by atoms with van der Waals surface area (Å²) >= 11 is 1.38. The topological polar surface area (TPSA) is 58.6 Å². The minimum Gasteiger partial charge on any atom is -0.471 e. The van der Waals surface area contributed by atoms with Gasteiger partial charge >= 0.3 is 6.30 Å². The molecule has 0 saturated carbocycles. The van der Waals surface area contributed by atoms with Gasteiger partial charge < -0.3 is 4.74 Å². The molecule has 0 fully saturated rings.